The molecule has 0 saturated heterocycles. The average Bonchev–Trinajstić information content (AvgIpc) is 2.43. The van der Waals surface area contributed by atoms with Crippen LogP contribution in [0.2, 0.25) is 0 Å². The van der Waals surface area contributed by atoms with Gasteiger partial charge >= 0.3 is 5.97 Å². The minimum atomic E-state index is -0.732. The third kappa shape index (κ3) is 14.4. The Kier molecular flexibility index (Phi) is 15.3. The van der Waals surface area contributed by atoms with E-state index in [0.717, 1.165) is 12.8 Å². The normalized spacial score (nSPS) is 12.5. The van der Waals surface area contributed by atoms with Gasteiger partial charge in [0, 0.05) is 0 Å². The average molecular weight is 349 g/mol. The Bertz CT molecular complexity index is 219. The summed E-state index contributed by atoms with van der Waals surface area (Å²) in [6.07, 6.45) is 18.1. The molecule has 0 bridgehead atoms. The highest BCUT2D eigenvalue weighted by Crippen LogP contribution is 2.15. The monoisotopic (exact) mass is 348 g/mol. The van der Waals surface area contributed by atoms with Gasteiger partial charge in [-0.25, -0.2) is 0 Å². The zero-order chi connectivity index (χ0) is 15.1. The van der Waals surface area contributed by atoms with Gasteiger partial charge in [-0.05, 0) is 6.42 Å². The number of hydrogen-bond acceptors (Lipinski definition) is 1. The number of unbranched alkanes of at least 4 members (excludes halogenated alkanes) is 12. The Morgan fingerprint density at radius 3 is 1.50 bits per heavy atom. The standard InChI is InChI=1S/C17H33BrO2/c1-2-3-4-5-6-7-8-9-10-11-12-13-14-15-16(18)17(19)20/h16H,2-15H2,1H3,(H,19,20). The Labute approximate surface area is 133 Å². The van der Waals surface area contributed by atoms with Gasteiger partial charge in [-0.15, -0.1) is 0 Å². The van der Waals surface area contributed by atoms with Gasteiger partial charge in [0.2, 0.25) is 0 Å². The van der Waals surface area contributed by atoms with E-state index in [9.17, 15) is 4.79 Å². The Hall–Kier alpha value is -0.0500. The number of carbonyl (C=O) groups is 1. The molecule has 1 N–H and O–H groups in total. The summed E-state index contributed by atoms with van der Waals surface area (Å²) in [4.78, 5) is 10.3. The number of carboxylic acid groups (broad SMARTS) is 1. The SMILES string of the molecule is CCCCCCCCCCCCCCCC(Br)C(=O)O. The zero-order valence-corrected chi connectivity index (χ0v) is 14.8. The van der Waals surface area contributed by atoms with Crippen molar-refractivity contribution in [3.05, 3.63) is 0 Å². The van der Waals surface area contributed by atoms with Crippen molar-refractivity contribution in [3.63, 3.8) is 0 Å². The molecule has 120 valence electrons. The lowest BCUT2D eigenvalue weighted by Gasteiger charge is -2.04. The molecule has 0 radical (unpaired) electrons. The molecule has 0 saturated carbocycles. The van der Waals surface area contributed by atoms with Crippen molar-refractivity contribution in [1.29, 1.82) is 0 Å². The minimum Gasteiger partial charge on any atom is -0.480 e. The van der Waals surface area contributed by atoms with Crippen LogP contribution in [0.3, 0.4) is 0 Å². The van der Waals surface area contributed by atoms with Crippen LogP contribution in [-0.2, 0) is 4.79 Å². The van der Waals surface area contributed by atoms with Crippen LogP contribution in [0.25, 0.3) is 0 Å². The van der Waals surface area contributed by atoms with E-state index in [-0.39, 0.29) is 4.83 Å². The van der Waals surface area contributed by atoms with E-state index in [4.69, 9.17) is 5.11 Å². The van der Waals surface area contributed by atoms with Crippen LogP contribution in [0.1, 0.15) is 96.8 Å². The molecule has 0 aliphatic heterocycles. The molecule has 0 amide bonds. The van der Waals surface area contributed by atoms with Crippen LogP contribution in [0, 0.1) is 0 Å². The van der Waals surface area contributed by atoms with Crippen molar-refractivity contribution >= 4 is 21.9 Å². The van der Waals surface area contributed by atoms with Crippen molar-refractivity contribution in [3.8, 4) is 0 Å². The molecule has 20 heavy (non-hydrogen) atoms. The van der Waals surface area contributed by atoms with E-state index < -0.39 is 5.97 Å². The largest absolute Gasteiger partial charge is 0.480 e. The predicted molar refractivity (Wildman–Crippen MR) is 90.7 cm³/mol. The van der Waals surface area contributed by atoms with Gasteiger partial charge < -0.3 is 5.11 Å². The first-order valence-corrected chi connectivity index (χ1v) is 9.47. The Balaban J connectivity index is 3.04. The maximum Gasteiger partial charge on any atom is 0.317 e. The number of aliphatic carboxylic acids is 1. The number of carboxylic acids is 1. The summed E-state index contributed by atoms with van der Waals surface area (Å²) in [5.41, 5.74) is 0. The minimum absolute atomic E-state index is 0.352. The third-order valence-corrected chi connectivity index (χ3v) is 4.68. The highest BCUT2D eigenvalue weighted by Gasteiger charge is 2.11. The Morgan fingerprint density at radius 2 is 1.15 bits per heavy atom. The molecule has 0 heterocycles. The van der Waals surface area contributed by atoms with E-state index in [1.165, 1.54) is 77.0 Å². The van der Waals surface area contributed by atoms with E-state index >= 15 is 0 Å². The highest BCUT2D eigenvalue weighted by atomic mass is 79.9. The molecule has 0 aromatic heterocycles. The molecule has 0 aliphatic carbocycles. The molecule has 3 heteroatoms. The van der Waals surface area contributed by atoms with Crippen molar-refractivity contribution in [2.24, 2.45) is 0 Å². The van der Waals surface area contributed by atoms with E-state index in [1.54, 1.807) is 0 Å². The van der Waals surface area contributed by atoms with Crippen LogP contribution in [0.5, 0.6) is 0 Å². The lowest BCUT2D eigenvalue weighted by molar-refractivity contribution is -0.136. The van der Waals surface area contributed by atoms with Crippen molar-refractivity contribution in [1.82, 2.24) is 0 Å². The summed E-state index contributed by atoms with van der Waals surface area (Å²) < 4.78 is 0. The molecular weight excluding hydrogens is 316 g/mol. The van der Waals surface area contributed by atoms with Gasteiger partial charge in [0.25, 0.3) is 0 Å². The summed E-state index contributed by atoms with van der Waals surface area (Å²) in [6.45, 7) is 2.26. The van der Waals surface area contributed by atoms with Gasteiger partial charge in [0.05, 0.1) is 0 Å². The topological polar surface area (TPSA) is 37.3 Å². The fourth-order valence-corrected chi connectivity index (χ4v) is 2.79. The van der Waals surface area contributed by atoms with Crippen LogP contribution in [0.4, 0.5) is 0 Å². The molecule has 0 spiro atoms. The van der Waals surface area contributed by atoms with Crippen LogP contribution >= 0.6 is 15.9 Å². The zero-order valence-electron chi connectivity index (χ0n) is 13.2. The van der Waals surface area contributed by atoms with Crippen LogP contribution < -0.4 is 0 Å². The molecule has 2 nitrogen and oxygen atoms in total. The first-order chi connectivity index (χ1) is 9.68. The maximum atomic E-state index is 10.6. The van der Waals surface area contributed by atoms with Crippen molar-refractivity contribution < 1.29 is 9.90 Å². The number of rotatable bonds is 15. The quantitative estimate of drug-likeness (QED) is 0.278. The molecule has 0 fully saturated rings. The molecule has 0 aromatic carbocycles. The van der Waals surface area contributed by atoms with Crippen LogP contribution in [0.15, 0.2) is 0 Å². The van der Waals surface area contributed by atoms with Gasteiger partial charge in [-0.3, -0.25) is 4.79 Å². The molecule has 1 unspecified atom stereocenters. The van der Waals surface area contributed by atoms with Gasteiger partial charge in [0.1, 0.15) is 4.83 Å². The first-order valence-electron chi connectivity index (χ1n) is 8.55. The second kappa shape index (κ2) is 15.3. The smallest absolute Gasteiger partial charge is 0.317 e. The van der Waals surface area contributed by atoms with Gasteiger partial charge in [0.15, 0.2) is 0 Å². The highest BCUT2D eigenvalue weighted by molar-refractivity contribution is 9.10. The molecular formula is C17H33BrO2. The summed E-state index contributed by atoms with van der Waals surface area (Å²) in [5, 5.41) is 8.73. The number of alkyl halides is 1. The molecule has 0 aliphatic rings. The summed E-state index contributed by atoms with van der Waals surface area (Å²) in [7, 11) is 0. The summed E-state index contributed by atoms with van der Waals surface area (Å²) in [6, 6.07) is 0. The van der Waals surface area contributed by atoms with Crippen LogP contribution in [-0.4, -0.2) is 15.9 Å². The van der Waals surface area contributed by atoms with E-state index in [2.05, 4.69) is 22.9 Å². The predicted octanol–water partition coefficient (Wildman–Crippen LogP) is 6.32. The second-order valence-corrected chi connectivity index (χ2v) is 6.94. The van der Waals surface area contributed by atoms with Crippen molar-refractivity contribution in [2.75, 3.05) is 0 Å². The Morgan fingerprint density at radius 1 is 0.800 bits per heavy atom. The lowest BCUT2D eigenvalue weighted by atomic mass is 10.0. The molecule has 0 aromatic rings. The van der Waals surface area contributed by atoms with E-state index in [0.29, 0.717) is 0 Å². The lowest BCUT2D eigenvalue weighted by Crippen LogP contribution is -2.11. The fraction of sp³-hybridized carbons (Fsp3) is 0.941. The summed E-state index contributed by atoms with van der Waals surface area (Å²) >= 11 is 3.18. The fourth-order valence-electron chi connectivity index (χ4n) is 2.46. The van der Waals surface area contributed by atoms with Gasteiger partial charge in [-0.2, -0.15) is 0 Å². The maximum absolute atomic E-state index is 10.6. The first kappa shape index (κ1) is 19.9. The molecule has 0 rings (SSSR count). The van der Waals surface area contributed by atoms with Crippen molar-refractivity contribution in [2.45, 2.75) is 102 Å². The number of hydrogen-bond donors (Lipinski definition) is 1. The van der Waals surface area contributed by atoms with E-state index in [1.807, 2.05) is 0 Å². The second-order valence-electron chi connectivity index (χ2n) is 5.84. The summed E-state index contributed by atoms with van der Waals surface area (Å²) in [5.74, 6) is -0.732. The molecule has 1 atom stereocenters. The number of halogens is 1. The third-order valence-electron chi connectivity index (χ3n) is 3.83. The van der Waals surface area contributed by atoms with Gasteiger partial charge in [-0.1, -0.05) is 106 Å².